The van der Waals surface area contributed by atoms with Crippen LogP contribution in [0.25, 0.3) is 0 Å². The lowest BCUT2D eigenvalue weighted by Crippen LogP contribution is -2.54. The number of ether oxygens (including phenoxy) is 1. The fraction of sp³-hybridized carbons (Fsp3) is 0.556. The largest absolute Gasteiger partial charge is 0.395 e. The van der Waals surface area contributed by atoms with Crippen LogP contribution in [0.2, 0.25) is 0 Å². The van der Waals surface area contributed by atoms with Crippen molar-refractivity contribution in [2.45, 2.75) is 11.0 Å². The van der Waals surface area contributed by atoms with Gasteiger partial charge in [0.05, 0.1) is 18.4 Å². The molecule has 5 nitrogen and oxygen atoms in total. The van der Waals surface area contributed by atoms with Crippen LogP contribution in [0.1, 0.15) is 0 Å². The Balaban J connectivity index is 3.16. The van der Waals surface area contributed by atoms with Crippen LogP contribution in [0.15, 0.2) is 24.3 Å². The van der Waals surface area contributed by atoms with Crippen molar-refractivity contribution in [1.82, 2.24) is 0 Å². The number of methoxy groups -OCH3 is 1. The minimum Gasteiger partial charge on any atom is -0.395 e. The van der Waals surface area contributed by atoms with Crippen LogP contribution in [-0.2, 0) is 14.6 Å². The Labute approximate surface area is 89.1 Å². The number of rotatable bonds is 4. The highest BCUT2D eigenvalue weighted by Gasteiger charge is 2.46. The SMILES string of the molecule is COC1(S(=O)(=O)CCO)C=CC=CC1N. The molecule has 3 N–H and O–H groups in total. The van der Waals surface area contributed by atoms with Crippen LogP contribution < -0.4 is 5.73 Å². The molecule has 0 bridgehead atoms. The van der Waals surface area contributed by atoms with Gasteiger partial charge in [0.1, 0.15) is 0 Å². The molecule has 0 amide bonds. The van der Waals surface area contributed by atoms with Gasteiger partial charge in [0.15, 0.2) is 9.84 Å². The molecule has 0 saturated heterocycles. The first-order valence-electron chi connectivity index (χ1n) is 4.50. The van der Waals surface area contributed by atoms with Gasteiger partial charge in [-0.05, 0) is 6.08 Å². The second kappa shape index (κ2) is 4.44. The summed E-state index contributed by atoms with van der Waals surface area (Å²) in [4.78, 5) is -1.55. The molecule has 0 spiro atoms. The molecule has 1 aliphatic carbocycles. The molecule has 2 atom stereocenters. The van der Waals surface area contributed by atoms with E-state index in [-0.39, 0.29) is 5.75 Å². The van der Waals surface area contributed by atoms with Gasteiger partial charge in [-0.2, -0.15) is 0 Å². The monoisotopic (exact) mass is 233 g/mol. The fourth-order valence-corrected chi connectivity index (χ4v) is 3.13. The molecule has 86 valence electrons. The molecule has 0 aromatic heterocycles. The lowest BCUT2D eigenvalue weighted by atomic mass is 10.1. The van der Waals surface area contributed by atoms with Gasteiger partial charge >= 0.3 is 0 Å². The Morgan fingerprint density at radius 1 is 1.53 bits per heavy atom. The Kier molecular flexibility index (Phi) is 3.67. The summed E-state index contributed by atoms with van der Waals surface area (Å²) >= 11 is 0. The molecule has 0 aromatic rings. The van der Waals surface area contributed by atoms with E-state index in [2.05, 4.69) is 0 Å². The molecule has 6 heteroatoms. The highest BCUT2D eigenvalue weighted by Crippen LogP contribution is 2.28. The number of hydrogen-bond acceptors (Lipinski definition) is 5. The van der Waals surface area contributed by atoms with Crippen molar-refractivity contribution in [2.75, 3.05) is 19.5 Å². The van der Waals surface area contributed by atoms with Crippen molar-refractivity contribution in [3.63, 3.8) is 0 Å². The molecule has 0 fully saturated rings. The summed E-state index contributed by atoms with van der Waals surface area (Å²) in [6.45, 7) is -0.447. The topological polar surface area (TPSA) is 89.6 Å². The summed E-state index contributed by atoms with van der Waals surface area (Å²) < 4.78 is 28.8. The molecule has 0 aromatic carbocycles. The quantitative estimate of drug-likeness (QED) is 0.663. The van der Waals surface area contributed by atoms with Gasteiger partial charge in [0.25, 0.3) is 0 Å². The molecule has 0 aliphatic heterocycles. The van der Waals surface area contributed by atoms with Crippen LogP contribution in [0, 0.1) is 0 Å². The molecule has 15 heavy (non-hydrogen) atoms. The van der Waals surface area contributed by atoms with Crippen molar-refractivity contribution >= 4 is 9.84 Å². The smallest absolute Gasteiger partial charge is 0.206 e. The van der Waals surface area contributed by atoms with E-state index in [4.69, 9.17) is 15.6 Å². The lowest BCUT2D eigenvalue weighted by molar-refractivity contribution is 0.0892. The molecule has 2 unspecified atom stereocenters. The molecular weight excluding hydrogens is 218 g/mol. The van der Waals surface area contributed by atoms with Gasteiger partial charge in [-0.1, -0.05) is 18.2 Å². The maximum absolute atomic E-state index is 11.9. The Bertz CT molecular complexity index is 374. The Morgan fingerprint density at radius 2 is 2.20 bits per heavy atom. The van der Waals surface area contributed by atoms with Crippen LogP contribution in [-0.4, -0.2) is 44.0 Å². The minimum absolute atomic E-state index is 0.368. The molecule has 0 radical (unpaired) electrons. The number of aliphatic hydroxyl groups is 1. The molecule has 0 saturated carbocycles. The summed E-state index contributed by atoms with van der Waals surface area (Å²) in [5.41, 5.74) is 5.72. The molecule has 1 rings (SSSR count). The predicted molar refractivity (Wildman–Crippen MR) is 56.9 cm³/mol. The van der Waals surface area contributed by atoms with Crippen molar-refractivity contribution in [2.24, 2.45) is 5.73 Å². The van der Waals surface area contributed by atoms with E-state index in [1.54, 1.807) is 18.2 Å². The second-order valence-corrected chi connectivity index (χ2v) is 5.51. The van der Waals surface area contributed by atoms with Crippen molar-refractivity contribution in [3.05, 3.63) is 24.3 Å². The fourth-order valence-electron chi connectivity index (χ4n) is 1.54. The van der Waals surface area contributed by atoms with E-state index in [0.717, 1.165) is 0 Å². The van der Waals surface area contributed by atoms with E-state index in [9.17, 15) is 8.42 Å². The summed E-state index contributed by atoms with van der Waals surface area (Å²) in [6.07, 6.45) is 6.19. The zero-order valence-corrected chi connectivity index (χ0v) is 9.28. The Morgan fingerprint density at radius 3 is 2.67 bits per heavy atom. The third kappa shape index (κ3) is 1.98. The van der Waals surface area contributed by atoms with Gasteiger partial charge in [0.2, 0.25) is 4.93 Å². The summed E-state index contributed by atoms with van der Waals surface area (Å²) in [7, 11) is -2.34. The summed E-state index contributed by atoms with van der Waals surface area (Å²) in [5.74, 6) is -0.368. The van der Waals surface area contributed by atoms with Gasteiger partial charge in [0, 0.05) is 7.11 Å². The van der Waals surface area contributed by atoms with Gasteiger partial charge in [-0.25, -0.2) is 8.42 Å². The lowest BCUT2D eigenvalue weighted by Gasteiger charge is -2.34. The highest BCUT2D eigenvalue weighted by molar-refractivity contribution is 7.92. The van der Waals surface area contributed by atoms with Crippen molar-refractivity contribution in [1.29, 1.82) is 0 Å². The third-order valence-corrected chi connectivity index (χ3v) is 4.65. The average Bonchev–Trinajstić information content (AvgIpc) is 2.18. The van der Waals surface area contributed by atoms with Crippen LogP contribution in [0.5, 0.6) is 0 Å². The normalized spacial score (nSPS) is 30.7. The number of allylic oxidation sites excluding steroid dienone is 2. The summed E-state index contributed by atoms with van der Waals surface area (Å²) in [5, 5.41) is 8.71. The minimum atomic E-state index is -3.63. The standard InChI is InChI=1S/C9H15NO4S/c1-14-9(15(12,13)7-6-11)5-3-2-4-8(9)10/h2-5,8,11H,6-7,10H2,1H3. The maximum atomic E-state index is 11.9. The van der Waals surface area contributed by atoms with Gasteiger partial charge < -0.3 is 15.6 Å². The predicted octanol–water partition coefficient (Wildman–Crippen LogP) is -0.810. The van der Waals surface area contributed by atoms with Gasteiger partial charge in [-0.15, -0.1) is 0 Å². The Hall–Kier alpha value is -0.690. The number of sulfone groups is 1. The maximum Gasteiger partial charge on any atom is 0.206 e. The van der Waals surface area contributed by atoms with Crippen LogP contribution in [0.4, 0.5) is 0 Å². The van der Waals surface area contributed by atoms with Crippen LogP contribution in [0.3, 0.4) is 0 Å². The zero-order chi connectivity index (χ0) is 11.5. The average molecular weight is 233 g/mol. The van der Waals surface area contributed by atoms with Crippen molar-refractivity contribution in [3.8, 4) is 0 Å². The van der Waals surface area contributed by atoms with Crippen LogP contribution >= 0.6 is 0 Å². The van der Waals surface area contributed by atoms with E-state index in [0.29, 0.717) is 0 Å². The van der Waals surface area contributed by atoms with E-state index in [1.807, 2.05) is 0 Å². The number of aliphatic hydroxyl groups excluding tert-OH is 1. The number of nitrogens with two attached hydrogens (primary N) is 1. The first-order chi connectivity index (χ1) is 7.00. The van der Waals surface area contributed by atoms with E-state index in [1.165, 1.54) is 13.2 Å². The van der Waals surface area contributed by atoms with Gasteiger partial charge in [-0.3, -0.25) is 0 Å². The third-order valence-electron chi connectivity index (χ3n) is 2.39. The molecule has 1 aliphatic rings. The van der Waals surface area contributed by atoms with E-state index < -0.39 is 27.4 Å². The van der Waals surface area contributed by atoms with Crippen molar-refractivity contribution < 1.29 is 18.3 Å². The second-order valence-electron chi connectivity index (χ2n) is 3.24. The first-order valence-corrected chi connectivity index (χ1v) is 6.15. The van der Waals surface area contributed by atoms with E-state index >= 15 is 0 Å². The highest BCUT2D eigenvalue weighted by atomic mass is 32.2. The first kappa shape index (κ1) is 12.4. The molecule has 0 heterocycles. The molecular formula is C9H15NO4S. The number of hydrogen-bond donors (Lipinski definition) is 2. The summed E-state index contributed by atoms with van der Waals surface area (Å²) in [6, 6.07) is -0.760. The zero-order valence-electron chi connectivity index (χ0n) is 8.46.